The van der Waals surface area contributed by atoms with Gasteiger partial charge in [0.25, 0.3) is 0 Å². The number of rotatable bonds is 5. The third-order valence-corrected chi connectivity index (χ3v) is 4.41. The summed E-state index contributed by atoms with van der Waals surface area (Å²) in [5, 5.41) is 3.74. The maximum atomic E-state index is 5.53. The summed E-state index contributed by atoms with van der Waals surface area (Å²) in [6.07, 6.45) is 1.18. The van der Waals surface area contributed by atoms with Gasteiger partial charge in [0.05, 0.1) is 6.61 Å². The minimum atomic E-state index is 0.277. The van der Waals surface area contributed by atoms with Crippen molar-refractivity contribution in [2.24, 2.45) is 5.41 Å². The zero-order valence-corrected chi connectivity index (χ0v) is 13.2. The van der Waals surface area contributed by atoms with E-state index in [1.165, 1.54) is 6.42 Å². The first-order chi connectivity index (χ1) is 8.33. The summed E-state index contributed by atoms with van der Waals surface area (Å²) < 4.78 is 5.53. The average molecular weight is 256 g/mol. The highest BCUT2D eigenvalue weighted by atomic mass is 16.5. The molecule has 1 N–H and O–H groups in total. The summed E-state index contributed by atoms with van der Waals surface area (Å²) in [6.45, 7) is 18.6. The van der Waals surface area contributed by atoms with E-state index in [4.69, 9.17) is 4.74 Å². The van der Waals surface area contributed by atoms with Crippen molar-refractivity contribution in [2.45, 2.75) is 59.5 Å². The number of piperazine rings is 1. The third-order valence-electron chi connectivity index (χ3n) is 4.41. The van der Waals surface area contributed by atoms with E-state index in [0.29, 0.717) is 11.5 Å². The van der Waals surface area contributed by atoms with Crippen LogP contribution in [0.2, 0.25) is 0 Å². The van der Waals surface area contributed by atoms with Crippen LogP contribution in [0, 0.1) is 5.41 Å². The van der Waals surface area contributed by atoms with Crippen molar-refractivity contribution in [3.8, 4) is 0 Å². The number of ether oxygens (including phenoxy) is 1. The lowest BCUT2D eigenvalue weighted by molar-refractivity contribution is 0.000492. The quantitative estimate of drug-likeness (QED) is 0.765. The second-order valence-corrected chi connectivity index (χ2v) is 6.79. The second-order valence-electron chi connectivity index (χ2n) is 6.79. The molecule has 1 fully saturated rings. The van der Waals surface area contributed by atoms with E-state index in [1.54, 1.807) is 0 Å². The van der Waals surface area contributed by atoms with E-state index in [2.05, 4.69) is 51.8 Å². The molecule has 1 heterocycles. The monoisotopic (exact) mass is 256 g/mol. The lowest BCUT2D eigenvalue weighted by Crippen LogP contribution is -2.66. The standard InChI is InChI=1S/C15H32N2O/c1-7-15(6)12-16-13(14(3,4)5)11-17(15)9-10-18-8-2/h13,16H,7-12H2,1-6H3. The van der Waals surface area contributed by atoms with Crippen LogP contribution in [0.15, 0.2) is 0 Å². The summed E-state index contributed by atoms with van der Waals surface area (Å²) >= 11 is 0. The third kappa shape index (κ3) is 3.94. The zero-order chi connectivity index (χ0) is 13.8. The molecule has 108 valence electrons. The van der Waals surface area contributed by atoms with Gasteiger partial charge < -0.3 is 10.1 Å². The van der Waals surface area contributed by atoms with Crippen LogP contribution in [-0.2, 0) is 4.74 Å². The molecular weight excluding hydrogens is 224 g/mol. The fourth-order valence-electron chi connectivity index (χ4n) is 2.57. The lowest BCUT2D eigenvalue weighted by Gasteiger charge is -2.51. The van der Waals surface area contributed by atoms with Crippen LogP contribution in [0.4, 0.5) is 0 Å². The molecule has 1 rings (SSSR count). The van der Waals surface area contributed by atoms with Crippen LogP contribution in [-0.4, -0.2) is 49.3 Å². The van der Waals surface area contributed by atoms with E-state index in [0.717, 1.165) is 32.8 Å². The Morgan fingerprint density at radius 2 is 2.00 bits per heavy atom. The Morgan fingerprint density at radius 3 is 2.50 bits per heavy atom. The Bertz CT molecular complexity index is 249. The van der Waals surface area contributed by atoms with Gasteiger partial charge in [-0.3, -0.25) is 4.90 Å². The number of hydrogen-bond donors (Lipinski definition) is 1. The summed E-state index contributed by atoms with van der Waals surface area (Å²) in [5.74, 6) is 0. The minimum Gasteiger partial charge on any atom is -0.380 e. The first kappa shape index (κ1) is 15.9. The normalized spacial score (nSPS) is 30.7. The second kappa shape index (κ2) is 6.36. The molecule has 1 aliphatic rings. The molecule has 2 unspecified atom stereocenters. The van der Waals surface area contributed by atoms with Gasteiger partial charge in [-0.25, -0.2) is 0 Å². The molecule has 0 radical (unpaired) electrons. The van der Waals surface area contributed by atoms with Gasteiger partial charge in [0.1, 0.15) is 0 Å². The molecule has 0 aromatic rings. The van der Waals surface area contributed by atoms with Crippen molar-refractivity contribution in [1.82, 2.24) is 10.2 Å². The zero-order valence-electron chi connectivity index (χ0n) is 13.2. The highest BCUT2D eigenvalue weighted by Gasteiger charge is 2.39. The van der Waals surface area contributed by atoms with Crippen molar-refractivity contribution in [2.75, 3.05) is 32.8 Å². The van der Waals surface area contributed by atoms with Crippen LogP contribution >= 0.6 is 0 Å². The van der Waals surface area contributed by atoms with Gasteiger partial charge >= 0.3 is 0 Å². The molecule has 3 nitrogen and oxygen atoms in total. The number of hydrogen-bond acceptors (Lipinski definition) is 3. The molecule has 0 aliphatic carbocycles. The Balaban J connectivity index is 2.65. The first-order valence-corrected chi connectivity index (χ1v) is 7.39. The predicted molar refractivity (Wildman–Crippen MR) is 78.0 cm³/mol. The fourth-order valence-corrected chi connectivity index (χ4v) is 2.57. The van der Waals surface area contributed by atoms with Crippen molar-refractivity contribution in [3.05, 3.63) is 0 Å². The van der Waals surface area contributed by atoms with Gasteiger partial charge in [-0.2, -0.15) is 0 Å². The van der Waals surface area contributed by atoms with Crippen LogP contribution < -0.4 is 5.32 Å². The Labute approximate surface area is 113 Å². The molecule has 0 aromatic heterocycles. The van der Waals surface area contributed by atoms with Crippen LogP contribution in [0.25, 0.3) is 0 Å². The largest absolute Gasteiger partial charge is 0.380 e. The van der Waals surface area contributed by atoms with Gasteiger partial charge in [-0.15, -0.1) is 0 Å². The van der Waals surface area contributed by atoms with Crippen molar-refractivity contribution < 1.29 is 4.74 Å². The lowest BCUT2D eigenvalue weighted by atomic mass is 9.81. The molecule has 0 aromatic carbocycles. The summed E-state index contributed by atoms with van der Waals surface area (Å²) in [7, 11) is 0. The van der Waals surface area contributed by atoms with Crippen LogP contribution in [0.1, 0.15) is 48.0 Å². The topological polar surface area (TPSA) is 24.5 Å². The maximum absolute atomic E-state index is 5.53. The van der Waals surface area contributed by atoms with Gasteiger partial charge in [0.2, 0.25) is 0 Å². The van der Waals surface area contributed by atoms with Gasteiger partial charge in [-0.1, -0.05) is 27.7 Å². The molecule has 3 heteroatoms. The van der Waals surface area contributed by atoms with Gasteiger partial charge in [-0.05, 0) is 25.7 Å². The van der Waals surface area contributed by atoms with Gasteiger partial charge in [0.15, 0.2) is 0 Å². The average Bonchev–Trinajstić information content (AvgIpc) is 2.30. The Kier molecular flexibility index (Phi) is 5.63. The van der Waals surface area contributed by atoms with Crippen LogP contribution in [0.3, 0.4) is 0 Å². The fraction of sp³-hybridized carbons (Fsp3) is 1.00. The van der Waals surface area contributed by atoms with Gasteiger partial charge in [0, 0.05) is 37.8 Å². The minimum absolute atomic E-state index is 0.277. The molecule has 2 atom stereocenters. The molecule has 18 heavy (non-hydrogen) atoms. The maximum Gasteiger partial charge on any atom is 0.0593 e. The first-order valence-electron chi connectivity index (χ1n) is 7.39. The SMILES string of the molecule is CCOCCN1CC(C(C)(C)C)NCC1(C)CC. The Hall–Kier alpha value is -0.120. The summed E-state index contributed by atoms with van der Waals surface area (Å²) in [5.41, 5.74) is 0.595. The highest BCUT2D eigenvalue weighted by Crippen LogP contribution is 2.29. The highest BCUT2D eigenvalue weighted by molar-refractivity contribution is 4.98. The molecule has 0 amide bonds. The molecule has 1 saturated heterocycles. The van der Waals surface area contributed by atoms with E-state index in [9.17, 15) is 0 Å². The van der Waals surface area contributed by atoms with E-state index >= 15 is 0 Å². The summed E-state index contributed by atoms with van der Waals surface area (Å²) in [6, 6.07) is 0.568. The van der Waals surface area contributed by atoms with E-state index < -0.39 is 0 Å². The number of nitrogens with one attached hydrogen (secondary N) is 1. The molecule has 0 saturated carbocycles. The van der Waals surface area contributed by atoms with E-state index in [-0.39, 0.29) is 5.54 Å². The smallest absolute Gasteiger partial charge is 0.0593 e. The van der Waals surface area contributed by atoms with Crippen molar-refractivity contribution >= 4 is 0 Å². The Morgan fingerprint density at radius 1 is 1.33 bits per heavy atom. The summed E-state index contributed by atoms with van der Waals surface area (Å²) in [4.78, 5) is 2.62. The molecule has 1 aliphatic heterocycles. The predicted octanol–water partition coefficient (Wildman–Crippen LogP) is 2.51. The molecule has 0 bridgehead atoms. The number of nitrogens with zero attached hydrogens (tertiary/aromatic N) is 1. The van der Waals surface area contributed by atoms with Crippen LogP contribution in [0.5, 0.6) is 0 Å². The molecular formula is C15H32N2O. The van der Waals surface area contributed by atoms with Crippen molar-refractivity contribution in [3.63, 3.8) is 0 Å². The van der Waals surface area contributed by atoms with E-state index in [1.807, 2.05) is 0 Å². The molecule has 0 spiro atoms. The van der Waals surface area contributed by atoms with Crippen molar-refractivity contribution in [1.29, 1.82) is 0 Å².